The lowest BCUT2D eigenvalue weighted by molar-refractivity contribution is 0.286. The van der Waals surface area contributed by atoms with Gasteiger partial charge < -0.3 is 9.47 Å². The van der Waals surface area contributed by atoms with E-state index in [2.05, 4.69) is 6.92 Å². The molecule has 0 aromatic heterocycles. The fraction of sp³-hybridized carbons (Fsp3) is 0.455. The van der Waals surface area contributed by atoms with E-state index in [0.29, 0.717) is 13.2 Å². The van der Waals surface area contributed by atoms with E-state index >= 15 is 0 Å². The van der Waals surface area contributed by atoms with Gasteiger partial charge in [0.05, 0.1) is 18.2 Å². The number of benzene rings is 2. The van der Waals surface area contributed by atoms with Crippen molar-refractivity contribution in [1.82, 2.24) is 0 Å². The second kappa shape index (κ2) is 11.2. The fourth-order valence-corrected chi connectivity index (χ4v) is 3.03. The standard InChI is InChI=1S/C22H26ClF3O2/c1-3-5-7-13-27-17-11-9-15(19(23)21(17)25)16-10-12-18(22(26)20(16)24)28-14-8-6-4-2/h9-12H,3-8,13-14H2,1-2H3. The van der Waals surface area contributed by atoms with Crippen LogP contribution in [-0.4, -0.2) is 13.2 Å². The van der Waals surface area contributed by atoms with E-state index in [4.69, 9.17) is 21.1 Å². The molecular formula is C22H26ClF3O2. The molecule has 0 fully saturated rings. The second-order valence-electron chi connectivity index (χ2n) is 6.59. The minimum atomic E-state index is -1.12. The third-order valence-corrected chi connectivity index (χ3v) is 4.76. The third-order valence-electron chi connectivity index (χ3n) is 4.39. The zero-order valence-electron chi connectivity index (χ0n) is 16.3. The number of rotatable bonds is 11. The van der Waals surface area contributed by atoms with E-state index in [0.717, 1.165) is 38.5 Å². The molecule has 0 spiro atoms. The van der Waals surface area contributed by atoms with Crippen molar-refractivity contribution >= 4 is 11.6 Å². The average molecular weight is 415 g/mol. The molecule has 0 aliphatic rings. The maximum Gasteiger partial charge on any atom is 0.201 e. The van der Waals surface area contributed by atoms with Crippen molar-refractivity contribution in [3.05, 3.63) is 46.7 Å². The maximum atomic E-state index is 14.6. The molecule has 2 aromatic carbocycles. The zero-order chi connectivity index (χ0) is 20.5. The molecule has 0 aliphatic carbocycles. The van der Waals surface area contributed by atoms with Crippen LogP contribution in [0.3, 0.4) is 0 Å². The first-order valence-corrected chi connectivity index (χ1v) is 10.1. The predicted molar refractivity (Wildman–Crippen MR) is 107 cm³/mol. The molecule has 0 bridgehead atoms. The van der Waals surface area contributed by atoms with Crippen molar-refractivity contribution in [2.75, 3.05) is 13.2 Å². The van der Waals surface area contributed by atoms with Crippen molar-refractivity contribution < 1.29 is 22.6 Å². The highest BCUT2D eigenvalue weighted by Gasteiger charge is 2.20. The number of ether oxygens (including phenoxy) is 2. The van der Waals surface area contributed by atoms with Gasteiger partial charge in [-0.3, -0.25) is 0 Å². The zero-order valence-corrected chi connectivity index (χ0v) is 17.1. The van der Waals surface area contributed by atoms with E-state index in [-0.39, 0.29) is 27.6 Å². The number of unbranched alkanes of at least 4 members (excludes halogenated alkanes) is 4. The molecule has 0 amide bonds. The van der Waals surface area contributed by atoms with Gasteiger partial charge in [-0.25, -0.2) is 8.78 Å². The molecule has 2 nitrogen and oxygen atoms in total. The lowest BCUT2D eigenvalue weighted by atomic mass is 10.0. The Hall–Kier alpha value is -1.88. The van der Waals surface area contributed by atoms with Crippen molar-refractivity contribution in [2.45, 2.75) is 52.4 Å². The summed E-state index contributed by atoms with van der Waals surface area (Å²) in [5, 5.41) is -0.303. The van der Waals surface area contributed by atoms with E-state index in [1.807, 2.05) is 6.92 Å². The molecular weight excluding hydrogens is 389 g/mol. The second-order valence-corrected chi connectivity index (χ2v) is 6.97. The summed E-state index contributed by atoms with van der Waals surface area (Å²) in [7, 11) is 0. The summed E-state index contributed by atoms with van der Waals surface area (Å²) >= 11 is 6.08. The Morgan fingerprint density at radius 2 is 1.18 bits per heavy atom. The van der Waals surface area contributed by atoms with Gasteiger partial charge in [-0.1, -0.05) is 51.1 Å². The molecule has 154 valence electrons. The highest BCUT2D eigenvalue weighted by atomic mass is 35.5. The summed E-state index contributed by atoms with van der Waals surface area (Å²) in [6, 6.07) is 5.49. The van der Waals surface area contributed by atoms with Crippen LogP contribution in [0.5, 0.6) is 11.5 Å². The van der Waals surface area contributed by atoms with Crippen molar-refractivity contribution in [1.29, 1.82) is 0 Å². The number of halogens is 4. The van der Waals surface area contributed by atoms with Crippen LogP contribution in [0.4, 0.5) is 13.2 Å². The number of hydrogen-bond acceptors (Lipinski definition) is 2. The highest BCUT2D eigenvalue weighted by Crippen LogP contribution is 2.38. The average Bonchev–Trinajstić information content (AvgIpc) is 2.69. The fourth-order valence-electron chi connectivity index (χ4n) is 2.77. The normalized spacial score (nSPS) is 10.9. The minimum Gasteiger partial charge on any atom is -0.490 e. The van der Waals surface area contributed by atoms with Gasteiger partial charge in [0.25, 0.3) is 0 Å². The minimum absolute atomic E-state index is 0.00149. The summed E-state index contributed by atoms with van der Waals surface area (Å²) in [4.78, 5) is 0. The molecule has 28 heavy (non-hydrogen) atoms. The van der Waals surface area contributed by atoms with E-state index < -0.39 is 17.5 Å². The summed E-state index contributed by atoms with van der Waals surface area (Å²) < 4.78 is 54.1. The molecule has 0 saturated carbocycles. The molecule has 0 aliphatic heterocycles. The lowest BCUT2D eigenvalue weighted by Gasteiger charge is -2.13. The van der Waals surface area contributed by atoms with Crippen LogP contribution in [0.25, 0.3) is 11.1 Å². The van der Waals surface area contributed by atoms with E-state index in [9.17, 15) is 13.2 Å². The topological polar surface area (TPSA) is 18.5 Å². The van der Waals surface area contributed by atoms with Crippen LogP contribution in [0.1, 0.15) is 52.4 Å². The first-order valence-electron chi connectivity index (χ1n) is 9.73. The van der Waals surface area contributed by atoms with Crippen molar-refractivity contribution in [3.63, 3.8) is 0 Å². The van der Waals surface area contributed by atoms with Gasteiger partial charge in [0, 0.05) is 11.1 Å². The summed E-state index contributed by atoms with van der Waals surface area (Å²) in [6.45, 7) is 4.78. The Labute approximate surface area is 169 Å². The van der Waals surface area contributed by atoms with Crippen LogP contribution in [0.2, 0.25) is 5.02 Å². The first kappa shape index (κ1) is 22.4. The largest absolute Gasteiger partial charge is 0.490 e. The highest BCUT2D eigenvalue weighted by molar-refractivity contribution is 6.33. The molecule has 2 aromatic rings. The van der Waals surface area contributed by atoms with Crippen molar-refractivity contribution in [3.8, 4) is 22.6 Å². The molecule has 0 N–H and O–H groups in total. The van der Waals surface area contributed by atoms with Gasteiger partial charge >= 0.3 is 0 Å². The van der Waals surface area contributed by atoms with Crippen LogP contribution >= 0.6 is 11.6 Å². The Morgan fingerprint density at radius 1 is 0.679 bits per heavy atom. The molecule has 2 rings (SSSR count). The van der Waals surface area contributed by atoms with Crippen LogP contribution < -0.4 is 9.47 Å². The van der Waals surface area contributed by atoms with Gasteiger partial charge in [0.2, 0.25) is 5.82 Å². The van der Waals surface area contributed by atoms with Crippen LogP contribution in [0.15, 0.2) is 24.3 Å². The van der Waals surface area contributed by atoms with Gasteiger partial charge in [0.15, 0.2) is 23.1 Å². The molecule has 6 heteroatoms. The predicted octanol–water partition coefficient (Wildman–Crippen LogP) is 7.56. The van der Waals surface area contributed by atoms with Gasteiger partial charge in [-0.15, -0.1) is 0 Å². The SMILES string of the molecule is CCCCCOc1ccc(-c2ccc(OCCCCC)c(F)c2Cl)c(F)c1F. The van der Waals surface area contributed by atoms with Crippen LogP contribution in [0, 0.1) is 17.5 Å². The number of hydrogen-bond donors (Lipinski definition) is 0. The maximum absolute atomic E-state index is 14.6. The van der Waals surface area contributed by atoms with E-state index in [1.165, 1.54) is 24.3 Å². The molecule has 0 heterocycles. The Bertz CT molecular complexity index is 715. The molecule has 0 unspecified atom stereocenters. The Balaban J connectivity index is 2.20. The smallest absolute Gasteiger partial charge is 0.201 e. The third kappa shape index (κ3) is 5.57. The van der Waals surface area contributed by atoms with E-state index in [1.54, 1.807) is 0 Å². The molecule has 0 atom stereocenters. The lowest BCUT2D eigenvalue weighted by Crippen LogP contribution is -2.02. The van der Waals surface area contributed by atoms with Gasteiger partial charge in [-0.05, 0) is 37.1 Å². The van der Waals surface area contributed by atoms with Crippen molar-refractivity contribution in [2.24, 2.45) is 0 Å². The Kier molecular flexibility index (Phi) is 8.97. The summed E-state index contributed by atoms with van der Waals surface area (Å²) in [6.07, 6.45) is 5.51. The monoisotopic (exact) mass is 414 g/mol. The molecule has 0 radical (unpaired) electrons. The quantitative estimate of drug-likeness (QED) is 0.353. The van der Waals surface area contributed by atoms with Gasteiger partial charge in [-0.2, -0.15) is 4.39 Å². The summed E-state index contributed by atoms with van der Waals surface area (Å²) in [5.74, 6) is -3.17. The molecule has 0 saturated heterocycles. The van der Waals surface area contributed by atoms with Gasteiger partial charge in [0.1, 0.15) is 0 Å². The van der Waals surface area contributed by atoms with Crippen LogP contribution in [-0.2, 0) is 0 Å². The summed E-state index contributed by atoms with van der Waals surface area (Å²) in [5.41, 5.74) is -0.0613. The first-order chi connectivity index (χ1) is 13.5. The Morgan fingerprint density at radius 3 is 1.71 bits per heavy atom.